The van der Waals surface area contributed by atoms with Crippen LogP contribution in [-0.2, 0) is 0 Å². The fourth-order valence-corrected chi connectivity index (χ4v) is 3.80. The minimum absolute atomic E-state index is 1.09. The minimum Gasteiger partial charge on any atom is -0.356 e. The molecule has 1 N–H and O–H groups in total. The van der Waals surface area contributed by atoms with Gasteiger partial charge in [0.25, 0.3) is 0 Å². The van der Waals surface area contributed by atoms with E-state index in [4.69, 9.17) is 0 Å². The topological polar surface area (TPSA) is 12.0 Å². The first-order valence-electron chi connectivity index (χ1n) is 10.5. The second-order valence-electron chi connectivity index (χ2n) is 7.59. The highest BCUT2D eigenvalue weighted by atomic mass is 14.9. The maximum Gasteiger partial charge on any atom is 0.0384 e. The Kier molecular flexibility index (Phi) is 5.32. The molecule has 0 spiro atoms. The fourth-order valence-electron chi connectivity index (χ4n) is 3.80. The van der Waals surface area contributed by atoms with Crippen LogP contribution in [0.3, 0.4) is 0 Å². The van der Waals surface area contributed by atoms with E-state index in [2.05, 4.69) is 121 Å². The Bertz CT molecular complexity index is 1260. The molecule has 5 rings (SSSR count). The summed E-state index contributed by atoms with van der Waals surface area (Å²) in [6.45, 7) is 0. The molecule has 1 heteroatoms. The van der Waals surface area contributed by atoms with Gasteiger partial charge in [0.1, 0.15) is 0 Å². The Morgan fingerprint density at radius 2 is 0.677 bits per heavy atom. The number of rotatable bonds is 5. The van der Waals surface area contributed by atoms with Gasteiger partial charge in [0.15, 0.2) is 0 Å². The third kappa shape index (κ3) is 4.41. The standard InChI is InChI=1S/C30H23N/c1-3-8-23(9-4-1)27-10-7-11-28(22-27)26-16-14-24(15-17-26)25-18-20-30(21-19-25)31-29-12-5-2-6-13-29/h1-22,31H. The molecule has 0 radical (unpaired) electrons. The SMILES string of the molecule is c1ccc(Nc2ccc(-c3ccc(-c4cccc(-c5ccccc5)c4)cc3)cc2)cc1. The second kappa shape index (κ2) is 8.73. The smallest absolute Gasteiger partial charge is 0.0384 e. The Labute approximate surface area is 183 Å². The zero-order chi connectivity index (χ0) is 20.9. The van der Waals surface area contributed by atoms with Crippen molar-refractivity contribution >= 4 is 11.4 Å². The number of nitrogens with one attached hydrogen (secondary N) is 1. The summed E-state index contributed by atoms with van der Waals surface area (Å²) in [6.07, 6.45) is 0. The third-order valence-electron chi connectivity index (χ3n) is 5.47. The molecule has 0 unspecified atom stereocenters. The predicted molar refractivity (Wildman–Crippen MR) is 132 cm³/mol. The molecule has 31 heavy (non-hydrogen) atoms. The van der Waals surface area contributed by atoms with Crippen molar-refractivity contribution in [3.05, 3.63) is 133 Å². The van der Waals surface area contributed by atoms with Crippen LogP contribution in [0.2, 0.25) is 0 Å². The molecule has 0 amide bonds. The molecule has 0 heterocycles. The normalized spacial score (nSPS) is 10.6. The first-order chi connectivity index (χ1) is 15.3. The molecule has 5 aromatic rings. The van der Waals surface area contributed by atoms with E-state index < -0.39 is 0 Å². The molecular weight excluding hydrogens is 374 g/mol. The number of anilines is 2. The number of benzene rings is 5. The van der Waals surface area contributed by atoms with Crippen LogP contribution in [0, 0.1) is 0 Å². The van der Waals surface area contributed by atoms with Gasteiger partial charge in [0, 0.05) is 11.4 Å². The lowest BCUT2D eigenvalue weighted by molar-refractivity contribution is 1.54. The Hall–Kier alpha value is -4.10. The van der Waals surface area contributed by atoms with Crippen molar-refractivity contribution in [2.45, 2.75) is 0 Å². The average Bonchev–Trinajstić information content (AvgIpc) is 2.86. The van der Waals surface area contributed by atoms with E-state index in [1.54, 1.807) is 0 Å². The van der Waals surface area contributed by atoms with Gasteiger partial charge in [-0.05, 0) is 63.7 Å². The second-order valence-corrected chi connectivity index (χ2v) is 7.59. The first kappa shape index (κ1) is 18.9. The predicted octanol–water partition coefficient (Wildman–Crippen LogP) is 8.43. The van der Waals surface area contributed by atoms with Crippen molar-refractivity contribution in [2.75, 3.05) is 5.32 Å². The Morgan fingerprint density at radius 1 is 0.290 bits per heavy atom. The van der Waals surface area contributed by atoms with Gasteiger partial charge in [-0.1, -0.05) is 103 Å². The van der Waals surface area contributed by atoms with Crippen molar-refractivity contribution < 1.29 is 0 Å². The van der Waals surface area contributed by atoms with Gasteiger partial charge in [0.05, 0.1) is 0 Å². The highest BCUT2D eigenvalue weighted by Crippen LogP contribution is 2.29. The zero-order valence-corrected chi connectivity index (χ0v) is 17.2. The average molecular weight is 398 g/mol. The number of para-hydroxylation sites is 1. The maximum absolute atomic E-state index is 3.43. The van der Waals surface area contributed by atoms with Crippen LogP contribution in [-0.4, -0.2) is 0 Å². The molecule has 1 nitrogen and oxygen atoms in total. The van der Waals surface area contributed by atoms with E-state index >= 15 is 0 Å². The highest BCUT2D eigenvalue weighted by Gasteiger charge is 2.03. The van der Waals surface area contributed by atoms with E-state index in [1.165, 1.54) is 33.4 Å². The molecule has 0 aliphatic carbocycles. The molecule has 0 bridgehead atoms. The minimum atomic E-state index is 1.09. The van der Waals surface area contributed by atoms with Crippen molar-refractivity contribution in [3.63, 3.8) is 0 Å². The first-order valence-corrected chi connectivity index (χ1v) is 10.5. The summed E-state index contributed by atoms with van der Waals surface area (Å²) in [5, 5.41) is 3.43. The Balaban J connectivity index is 1.35. The summed E-state index contributed by atoms with van der Waals surface area (Å²) in [5.41, 5.74) is 9.55. The van der Waals surface area contributed by atoms with Crippen LogP contribution < -0.4 is 5.32 Å². The quantitative estimate of drug-likeness (QED) is 0.314. The van der Waals surface area contributed by atoms with Crippen LogP contribution in [0.15, 0.2) is 133 Å². The molecule has 0 aromatic heterocycles. The summed E-state index contributed by atoms with van der Waals surface area (Å²) < 4.78 is 0. The van der Waals surface area contributed by atoms with Gasteiger partial charge < -0.3 is 5.32 Å². The van der Waals surface area contributed by atoms with E-state index in [-0.39, 0.29) is 0 Å². The molecule has 0 saturated carbocycles. The van der Waals surface area contributed by atoms with Crippen LogP contribution in [0.5, 0.6) is 0 Å². The molecule has 148 valence electrons. The van der Waals surface area contributed by atoms with Crippen molar-refractivity contribution in [1.82, 2.24) is 0 Å². The fraction of sp³-hybridized carbons (Fsp3) is 0. The van der Waals surface area contributed by atoms with Gasteiger partial charge in [-0.2, -0.15) is 0 Å². The molecule has 0 fully saturated rings. The van der Waals surface area contributed by atoms with E-state index in [0.29, 0.717) is 0 Å². The lowest BCUT2D eigenvalue weighted by Crippen LogP contribution is -1.89. The molecule has 5 aromatic carbocycles. The van der Waals surface area contributed by atoms with Gasteiger partial charge in [-0.3, -0.25) is 0 Å². The van der Waals surface area contributed by atoms with Crippen LogP contribution in [0.4, 0.5) is 11.4 Å². The molecule has 0 aliphatic rings. The van der Waals surface area contributed by atoms with Crippen molar-refractivity contribution in [2.24, 2.45) is 0 Å². The van der Waals surface area contributed by atoms with E-state index in [1.807, 2.05) is 18.2 Å². The van der Waals surface area contributed by atoms with Crippen LogP contribution in [0.1, 0.15) is 0 Å². The van der Waals surface area contributed by atoms with Gasteiger partial charge in [0.2, 0.25) is 0 Å². The van der Waals surface area contributed by atoms with Gasteiger partial charge >= 0.3 is 0 Å². The lowest BCUT2D eigenvalue weighted by atomic mass is 9.97. The maximum atomic E-state index is 3.43. The summed E-state index contributed by atoms with van der Waals surface area (Å²) in [7, 11) is 0. The summed E-state index contributed by atoms with van der Waals surface area (Å²) in [5.74, 6) is 0. The highest BCUT2D eigenvalue weighted by molar-refractivity contribution is 5.75. The van der Waals surface area contributed by atoms with Crippen molar-refractivity contribution in [3.8, 4) is 33.4 Å². The number of hydrogen-bond acceptors (Lipinski definition) is 1. The van der Waals surface area contributed by atoms with Crippen LogP contribution in [0.25, 0.3) is 33.4 Å². The van der Waals surface area contributed by atoms with E-state index in [9.17, 15) is 0 Å². The summed E-state index contributed by atoms with van der Waals surface area (Å²) in [6, 6.07) is 46.9. The van der Waals surface area contributed by atoms with Gasteiger partial charge in [-0.15, -0.1) is 0 Å². The van der Waals surface area contributed by atoms with Crippen LogP contribution >= 0.6 is 0 Å². The number of hydrogen-bond donors (Lipinski definition) is 1. The molecule has 0 aliphatic heterocycles. The molecule has 0 saturated heterocycles. The monoisotopic (exact) mass is 397 g/mol. The largest absolute Gasteiger partial charge is 0.356 e. The van der Waals surface area contributed by atoms with Gasteiger partial charge in [-0.25, -0.2) is 0 Å². The third-order valence-corrected chi connectivity index (χ3v) is 5.47. The zero-order valence-electron chi connectivity index (χ0n) is 17.2. The lowest BCUT2D eigenvalue weighted by Gasteiger charge is -2.09. The summed E-state index contributed by atoms with van der Waals surface area (Å²) >= 11 is 0. The van der Waals surface area contributed by atoms with E-state index in [0.717, 1.165) is 11.4 Å². The Morgan fingerprint density at radius 3 is 1.26 bits per heavy atom. The summed E-state index contributed by atoms with van der Waals surface area (Å²) in [4.78, 5) is 0. The molecule has 0 atom stereocenters. The molecular formula is C30H23N. The van der Waals surface area contributed by atoms with Crippen molar-refractivity contribution in [1.29, 1.82) is 0 Å².